The summed E-state index contributed by atoms with van der Waals surface area (Å²) in [5, 5.41) is 6.30. The van der Waals surface area contributed by atoms with Gasteiger partial charge in [0.05, 0.1) is 12.2 Å². The average molecular weight is 239 g/mol. The molecule has 0 aliphatic rings. The van der Waals surface area contributed by atoms with Gasteiger partial charge < -0.3 is 5.32 Å². The van der Waals surface area contributed by atoms with E-state index in [0.717, 1.165) is 0 Å². The van der Waals surface area contributed by atoms with Crippen LogP contribution in [-0.4, -0.2) is 28.7 Å². The highest BCUT2D eigenvalue weighted by Crippen LogP contribution is 2.21. The van der Waals surface area contributed by atoms with Gasteiger partial charge in [-0.15, -0.1) is 0 Å². The predicted octanol–water partition coefficient (Wildman–Crippen LogP) is 1.72. The molecule has 7 heteroatoms. The van der Waals surface area contributed by atoms with Crippen LogP contribution in [0.15, 0.2) is 6.20 Å². The number of alkyl halides is 4. The molecule has 1 rings (SSSR count). The van der Waals surface area contributed by atoms with E-state index >= 15 is 0 Å². The van der Waals surface area contributed by atoms with E-state index in [0.29, 0.717) is 11.3 Å². The highest BCUT2D eigenvalue weighted by molar-refractivity contribution is 5.14. The monoisotopic (exact) mass is 239 g/mol. The molecule has 92 valence electrons. The van der Waals surface area contributed by atoms with Crippen LogP contribution in [0.3, 0.4) is 0 Å². The van der Waals surface area contributed by atoms with Gasteiger partial charge >= 0.3 is 12.3 Å². The summed E-state index contributed by atoms with van der Waals surface area (Å²) in [6.45, 7) is 0.781. The molecule has 0 spiro atoms. The van der Waals surface area contributed by atoms with Crippen LogP contribution in [0.2, 0.25) is 0 Å². The van der Waals surface area contributed by atoms with Crippen LogP contribution in [0.25, 0.3) is 0 Å². The summed E-state index contributed by atoms with van der Waals surface area (Å²) in [6, 6.07) is 0. The first-order chi connectivity index (χ1) is 7.33. The Morgan fingerprint density at radius 3 is 2.56 bits per heavy atom. The van der Waals surface area contributed by atoms with Gasteiger partial charge in [-0.2, -0.15) is 13.9 Å². The molecular formula is C9H13F4N3. The molecule has 0 amide bonds. The van der Waals surface area contributed by atoms with Gasteiger partial charge in [0.1, 0.15) is 0 Å². The normalized spacial score (nSPS) is 12.4. The summed E-state index contributed by atoms with van der Waals surface area (Å²) in [5.74, 6) is -3.99. The Hall–Kier alpha value is -1.11. The molecule has 0 aromatic carbocycles. The van der Waals surface area contributed by atoms with Gasteiger partial charge in [0, 0.05) is 25.4 Å². The minimum absolute atomic E-state index is 0.0992. The van der Waals surface area contributed by atoms with Gasteiger partial charge in [0.25, 0.3) is 0 Å². The maximum absolute atomic E-state index is 12.5. The number of nitrogens with zero attached hydrogens (tertiary/aromatic N) is 2. The number of hydrogen-bond donors (Lipinski definition) is 1. The van der Waals surface area contributed by atoms with Crippen molar-refractivity contribution >= 4 is 0 Å². The minimum Gasteiger partial charge on any atom is -0.307 e. The molecule has 3 nitrogen and oxygen atoms in total. The van der Waals surface area contributed by atoms with Gasteiger partial charge in [-0.3, -0.25) is 4.68 Å². The zero-order chi connectivity index (χ0) is 12.3. The smallest absolute Gasteiger partial charge is 0.307 e. The standard InChI is InChI=1S/C9H13F4N3/c1-6-7(4-16(2)15-6)3-14-5-9(12,13)8(10)11/h4,8,14H,3,5H2,1-2H3. The fourth-order valence-electron chi connectivity index (χ4n) is 1.26. The van der Waals surface area contributed by atoms with Gasteiger partial charge in [0.2, 0.25) is 0 Å². The zero-order valence-corrected chi connectivity index (χ0v) is 8.98. The highest BCUT2D eigenvalue weighted by atomic mass is 19.3. The molecule has 1 N–H and O–H groups in total. The summed E-state index contributed by atoms with van der Waals surface area (Å²) >= 11 is 0. The largest absolute Gasteiger partial charge is 0.319 e. The zero-order valence-electron chi connectivity index (χ0n) is 8.98. The molecule has 16 heavy (non-hydrogen) atoms. The molecule has 0 saturated carbocycles. The van der Waals surface area contributed by atoms with Crippen molar-refractivity contribution in [2.24, 2.45) is 7.05 Å². The van der Waals surface area contributed by atoms with Gasteiger partial charge in [-0.05, 0) is 6.92 Å². The Bertz CT molecular complexity index is 349. The van der Waals surface area contributed by atoms with Crippen LogP contribution in [0.4, 0.5) is 17.6 Å². The Balaban J connectivity index is 2.44. The average Bonchev–Trinajstić information content (AvgIpc) is 2.44. The van der Waals surface area contributed by atoms with Crippen LogP contribution in [0, 0.1) is 6.92 Å². The number of rotatable bonds is 5. The molecule has 0 aliphatic carbocycles. The van der Waals surface area contributed by atoms with Crippen molar-refractivity contribution in [3.8, 4) is 0 Å². The lowest BCUT2D eigenvalue weighted by Crippen LogP contribution is -2.38. The Labute approximate surface area is 90.4 Å². The van der Waals surface area contributed by atoms with Crippen molar-refractivity contribution in [2.75, 3.05) is 6.54 Å². The topological polar surface area (TPSA) is 29.9 Å². The SMILES string of the molecule is Cc1nn(C)cc1CNCC(F)(F)C(F)F. The van der Waals surface area contributed by atoms with Gasteiger partial charge in [0.15, 0.2) is 0 Å². The van der Waals surface area contributed by atoms with E-state index in [4.69, 9.17) is 0 Å². The van der Waals surface area contributed by atoms with Crippen LogP contribution in [0.1, 0.15) is 11.3 Å². The lowest BCUT2D eigenvalue weighted by molar-refractivity contribution is -0.125. The van der Waals surface area contributed by atoms with Crippen molar-refractivity contribution in [1.29, 1.82) is 0 Å². The second-order valence-electron chi connectivity index (χ2n) is 3.58. The van der Waals surface area contributed by atoms with Crippen molar-refractivity contribution in [1.82, 2.24) is 15.1 Å². The molecule has 0 aliphatic heterocycles. The van der Waals surface area contributed by atoms with Gasteiger partial charge in [-0.25, -0.2) is 8.78 Å². The molecule has 0 radical (unpaired) electrons. The summed E-state index contributed by atoms with van der Waals surface area (Å²) in [4.78, 5) is 0. The molecule has 1 aromatic rings. The molecule has 0 saturated heterocycles. The molecule has 0 unspecified atom stereocenters. The van der Waals surface area contributed by atoms with E-state index in [-0.39, 0.29) is 6.54 Å². The number of aromatic nitrogens is 2. The Morgan fingerprint density at radius 2 is 2.12 bits per heavy atom. The van der Waals surface area contributed by atoms with Crippen molar-refractivity contribution in [2.45, 2.75) is 25.8 Å². The van der Waals surface area contributed by atoms with E-state index in [1.54, 1.807) is 20.2 Å². The first-order valence-electron chi connectivity index (χ1n) is 4.68. The van der Waals surface area contributed by atoms with Crippen molar-refractivity contribution in [3.05, 3.63) is 17.5 Å². The van der Waals surface area contributed by atoms with Crippen molar-refractivity contribution < 1.29 is 17.6 Å². The second-order valence-corrected chi connectivity index (χ2v) is 3.58. The molecule has 1 heterocycles. The summed E-state index contributed by atoms with van der Waals surface area (Å²) < 4.78 is 50.2. The summed E-state index contributed by atoms with van der Waals surface area (Å²) in [5.41, 5.74) is 1.41. The maximum Gasteiger partial charge on any atom is 0.319 e. The second kappa shape index (κ2) is 4.82. The van der Waals surface area contributed by atoms with E-state index in [9.17, 15) is 17.6 Å². The minimum atomic E-state index is -3.99. The van der Waals surface area contributed by atoms with Crippen LogP contribution in [0.5, 0.6) is 0 Å². The Morgan fingerprint density at radius 1 is 1.50 bits per heavy atom. The van der Waals surface area contributed by atoms with Crippen LogP contribution < -0.4 is 5.32 Å². The Kier molecular flexibility index (Phi) is 3.90. The van der Waals surface area contributed by atoms with Crippen LogP contribution in [-0.2, 0) is 13.6 Å². The third kappa shape index (κ3) is 3.19. The van der Waals surface area contributed by atoms with E-state index in [1.165, 1.54) is 4.68 Å². The molecule has 0 fully saturated rings. The fourth-order valence-corrected chi connectivity index (χ4v) is 1.26. The summed E-state index contributed by atoms with van der Waals surface area (Å²) in [7, 11) is 1.70. The summed E-state index contributed by atoms with van der Waals surface area (Å²) in [6.07, 6.45) is -1.99. The quantitative estimate of drug-likeness (QED) is 0.793. The van der Waals surface area contributed by atoms with Gasteiger partial charge in [-0.1, -0.05) is 0 Å². The first-order valence-corrected chi connectivity index (χ1v) is 4.68. The van der Waals surface area contributed by atoms with E-state index in [1.807, 2.05) is 0 Å². The van der Waals surface area contributed by atoms with Crippen LogP contribution >= 0.6 is 0 Å². The highest BCUT2D eigenvalue weighted by Gasteiger charge is 2.39. The third-order valence-electron chi connectivity index (χ3n) is 2.11. The lowest BCUT2D eigenvalue weighted by atomic mass is 10.2. The number of nitrogens with one attached hydrogen (secondary N) is 1. The molecule has 0 bridgehead atoms. The number of halogens is 4. The fraction of sp³-hybridized carbons (Fsp3) is 0.667. The number of aryl methyl sites for hydroxylation is 2. The maximum atomic E-state index is 12.5. The lowest BCUT2D eigenvalue weighted by Gasteiger charge is -2.15. The number of hydrogen-bond acceptors (Lipinski definition) is 2. The van der Waals surface area contributed by atoms with Crippen molar-refractivity contribution in [3.63, 3.8) is 0 Å². The first kappa shape index (κ1) is 13.0. The van der Waals surface area contributed by atoms with E-state index < -0.39 is 18.9 Å². The third-order valence-corrected chi connectivity index (χ3v) is 2.11. The molecule has 0 atom stereocenters. The molecular weight excluding hydrogens is 226 g/mol. The predicted molar refractivity (Wildman–Crippen MR) is 50.6 cm³/mol. The van der Waals surface area contributed by atoms with E-state index in [2.05, 4.69) is 10.4 Å². The molecule has 1 aromatic heterocycles.